The molecule has 0 aromatic heterocycles. The van der Waals surface area contributed by atoms with Crippen LogP contribution in [0.2, 0.25) is 0 Å². The highest BCUT2D eigenvalue weighted by Crippen LogP contribution is 2.29. The van der Waals surface area contributed by atoms with E-state index in [0.29, 0.717) is 22.5 Å². The molecule has 3 aromatic rings. The van der Waals surface area contributed by atoms with E-state index in [0.717, 1.165) is 33.2 Å². The van der Waals surface area contributed by atoms with Crippen molar-refractivity contribution in [1.29, 1.82) is 0 Å². The molecular weight excluding hydrogens is 424 g/mol. The highest BCUT2D eigenvalue weighted by Gasteiger charge is 2.12. The second kappa shape index (κ2) is 10.2. The van der Waals surface area contributed by atoms with Gasteiger partial charge in [0.15, 0.2) is 0 Å². The number of aliphatic imine (C=N–C) groups is 2. The van der Waals surface area contributed by atoms with Gasteiger partial charge in [-0.1, -0.05) is 12.1 Å². The van der Waals surface area contributed by atoms with Crippen molar-refractivity contribution in [2.45, 2.75) is 13.1 Å². The number of hydrogen-bond donors (Lipinski definition) is 2. The van der Waals surface area contributed by atoms with Gasteiger partial charge in [0.2, 0.25) is 0 Å². The van der Waals surface area contributed by atoms with Crippen molar-refractivity contribution in [3.8, 4) is 11.5 Å². The lowest BCUT2D eigenvalue weighted by Gasteiger charge is -2.24. The number of rotatable bonds is 8. The van der Waals surface area contributed by atoms with E-state index in [1.54, 1.807) is 24.6 Å². The summed E-state index contributed by atoms with van der Waals surface area (Å²) in [4.78, 5) is 9.21. The van der Waals surface area contributed by atoms with Gasteiger partial charge in [0.25, 0.3) is 0 Å². The van der Waals surface area contributed by atoms with Gasteiger partial charge in [0.1, 0.15) is 24.6 Å². The SMILES string of the molecule is C[N+](C)(C)Cc1ccc(O)c(C=Nc2ccccc2N=Cc2cc(C[N+](C)(C)C)ccc2O)c1. The third kappa shape index (κ3) is 7.54. The molecule has 178 valence electrons. The summed E-state index contributed by atoms with van der Waals surface area (Å²) in [6.45, 7) is 1.69. The molecule has 34 heavy (non-hydrogen) atoms. The maximum absolute atomic E-state index is 10.3. The van der Waals surface area contributed by atoms with Gasteiger partial charge >= 0.3 is 0 Å². The van der Waals surface area contributed by atoms with Crippen LogP contribution in [-0.4, -0.2) is 73.9 Å². The van der Waals surface area contributed by atoms with Crippen LogP contribution in [0.15, 0.2) is 70.6 Å². The van der Waals surface area contributed by atoms with Crippen molar-refractivity contribution in [3.05, 3.63) is 82.9 Å². The molecule has 0 unspecified atom stereocenters. The fraction of sp³-hybridized carbons (Fsp3) is 0.286. The maximum atomic E-state index is 10.3. The number of hydrogen-bond acceptors (Lipinski definition) is 4. The van der Waals surface area contributed by atoms with Gasteiger partial charge in [0.05, 0.1) is 53.7 Å². The fourth-order valence-corrected chi connectivity index (χ4v) is 3.67. The first kappa shape index (κ1) is 25.1. The standard InChI is InChI=1S/C28H34N4O2/c1-31(2,3)19-21-11-13-27(33)23(15-21)17-29-25-9-7-8-10-26(25)30-18-24-16-22(12-14-28(24)34)20-32(4,5)6/h7-18H,19-20H2,1-6H3/p+2. The summed E-state index contributed by atoms with van der Waals surface area (Å²) >= 11 is 0. The number of nitrogens with zero attached hydrogens (tertiary/aromatic N) is 4. The Bertz CT molecular complexity index is 1110. The topological polar surface area (TPSA) is 65.2 Å². The van der Waals surface area contributed by atoms with Crippen molar-refractivity contribution in [3.63, 3.8) is 0 Å². The number of phenolic OH excluding ortho intramolecular Hbond substituents is 2. The second-order valence-electron chi connectivity index (χ2n) is 10.7. The molecule has 6 nitrogen and oxygen atoms in total. The van der Waals surface area contributed by atoms with E-state index < -0.39 is 0 Å². The van der Waals surface area contributed by atoms with Crippen LogP contribution < -0.4 is 0 Å². The first-order valence-electron chi connectivity index (χ1n) is 11.3. The third-order valence-electron chi connectivity index (χ3n) is 5.06. The first-order chi connectivity index (χ1) is 15.9. The van der Waals surface area contributed by atoms with Crippen LogP contribution in [0, 0.1) is 0 Å². The van der Waals surface area contributed by atoms with E-state index in [1.165, 1.54) is 0 Å². The van der Waals surface area contributed by atoms with Crippen LogP contribution in [0.4, 0.5) is 11.4 Å². The van der Waals surface area contributed by atoms with Gasteiger partial charge in [-0.3, -0.25) is 9.98 Å². The molecule has 0 heterocycles. The zero-order valence-electron chi connectivity index (χ0n) is 21.0. The Morgan fingerprint density at radius 3 is 1.35 bits per heavy atom. The minimum Gasteiger partial charge on any atom is -0.507 e. The van der Waals surface area contributed by atoms with Crippen molar-refractivity contribution in [2.75, 3.05) is 42.3 Å². The molecule has 0 aliphatic rings. The average Bonchev–Trinajstić information content (AvgIpc) is 2.73. The lowest BCUT2D eigenvalue weighted by Crippen LogP contribution is -2.33. The van der Waals surface area contributed by atoms with Crippen LogP contribution in [0.1, 0.15) is 22.3 Å². The van der Waals surface area contributed by atoms with Crippen LogP contribution in [0.5, 0.6) is 11.5 Å². The van der Waals surface area contributed by atoms with Gasteiger partial charge in [-0.25, -0.2) is 0 Å². The number of para-hydroxylation sites is 2. The molecule has 0 saturated carbocycles. The Kier molecular flexibility index (Phi) is 7.54. The van der Waals surface area contributed by atoms with E-state index in [1.807, 2.05) is 48.5 Å². The summed E-state index contributed by atoms with van der Waals surface area (Å²) in [5.74, 6) is 0.378. The maximum Gasteiger partial charge on any atom is 0.124 e. The average molecular weight is 461 g/mol. The minimum absolute atomic E-state index is 0.189. The zero-order valence-corrected chi connectivity index (χ0v) is 21.0. The van der Waals surface area contributed by atoms with Gasteiger partial charge in [-0.15, -0.1) is 0 Å². The molecule has 0 radical (unpaired) electrons. The molecular formula is C28H36N4O2+2. The highest BCUT2D eigenvalue weighted by atomic mass is 16.3. The molecule has 0 aliphatic carbocycles. The molecule has 2 N–H and O–H groups in total. The van der Waals surface area contributed by atoms with Gasteiger partial charge in [-0.05, 0) is 48.5 Å². The Morgan fingerprint density at radius 2 is 1.00 bits per heavy atom. The molecule has 0 amide bonds. The molecule has 3 rings (SSSR count). The number of benzene rings is 3. The molecule has 0 fully saturated rings. The molecule has 6 heteroatoms. The summed E-state index contributed by atoms with van der Waals surface area (Å²) in [6.07, 6.45) is 3.34. The lowest BCUT2D eigenvalue weighted by atomic mass is 10.1. The molecule has 0 aliphatic heterocycles. The van der Waals surface area contributed by atoms with Gasteiger partial charge in [0, 0.05) is 34.7 Å². The van der Waals surface area contributed by atoms with Crippen molar-refractivity contribution in [2.24, 2.45) is 9.98 Å². The summed E-state index contributed by atoms with van der Waals surface area (Å²) in [7, 11) is 12.8. The van der Waals surface area contributed by atoms with Crippen LogP contribution in [-0.2, 0) is 13.1 Å². The van der Waals surface area contributed by atoms with E-state index in [2.05, 4.69) is 52.3 Å². The van der Waals surface area contributed by atoms with E-state index >= 15 is 0 Å². The van der Waals surface area contributed by atoms with Gasteiger partial charge < -0.3 is 19.2 Å². The normalized spacial score (nSPS) is 12.6. The van der Waals surface area contributed by atoms with E-state index in [9.17, 15) is 10.2 Å². The Labute approximate surface area is 203 Å². The number of aromatic hydroxyl groups is 2. The zero-order chi connectivity index (χ0) is 24.9. The Morgan fingerprint density at radius 1 is 0.618 bits per heavy atom. The predicted molar refractivity (Wildman–Crippen MR) is 141 cm³/mol. The number of quaternary nitrogens is 2. The van der Waals surface area contributed by atoms with E-state index in [4.69, 9.17) is 0 Å². The smallest absolute Gasteiger partial charge is 0.124 e. The molecule has 0 saturated heterocycles. The second-order valence-corrected chi connectivity index (χ2v) is 10.7. The fourth-order valence-electron chi connectivity index (χ4n) is 3.67. The molecule has 0 bridgehead atoms. The van der Waals surface area contributed by atoms with Gasteiger partial charge in [-0.2, -0.15) is 0 Å². The Balaban J connectivity index is 1.87. The monoisotopic (exact) mass is 460 g/mol. The van der Waals surface area contributed by atoms with Crippen molar-refractivity contribution >= 4 is 23.8 Å². The summed E-state index contributed by atoms with van der Waals surface area (Å²) in [6, 6.07) is 18.8. The predicted octanol–water partition coefficient (Wildman–Crippen LogP) is 5.01. The first-order valence-corrected chi connectivity index (χ1v) is 11.3. The third-order valence-corrected chi connectivity index (χ3v) is 5.06. The summed E-state index contributed by atoms with van der Waals surface area (Å²) < 4.78 is 1.59. The summed E-state index contributed by atoms with van der Waals surface area (Å²) in [5.41, 5.74) is 4.93. The lowest BCUT2D eigenvalue weighted by molar-refractivity contribution is -0.884. The van der Waals surface area contributed by atoms with Crippen LogP contribution >= 0.6 is 0 Å². The van der Waals surface area contributed by atoms with Crippen LogP contribution in [0.3, 0.4) is 0 Å². The van der Waals surface area contributed by atoms with Crippen molar-refractivity contribution < 1.29 is 19.2 Å². The Hall–Kier alpha value is -3.48. The summed E-state index contributed by atoms with van der Waals surface area (Å²) in [5, 5.41) is 20.6. The quantitative estimate of drug-likeness (QED) is 0.367. The number of phenols is 2. The van der Waals surface area contributed by atoms with Crippen molar-refractivity contribution in [1.82, 2.24) is 0 Å². The molecule has 3 aromatic carbocycles. The van der Waals surface area contributed by atoms with Crippen LogP contribution in [0.25, 0.3) is 0 Å². The minimum atomic E-state index is 0.189. The largest absolute Gasteiger partial charge is 0.507 e. The molecule has 0 spiro atoms. The molecule has 0 atom stereocenters. The highest BCUT2D eigenvalue weighted by molar-refractivity contribution is 5.89. The van der Waals surface area contributed by atoms with E-state index in [-0.39, 0.29) is 11.5 Å².